The van der Waals surface area contributed by atoms with E-state index in [0.29, 0.717) is 11.8 Å². The Bertz CT molecular complexity index is 859. The highest BCUT2D eigenvalue weighted by molar-refractivity contribution is 5.65. The van der Waals surface area contributed by atoms with Crippen LogP contribution >= 0.6 is 0 Å². The predicted molar refractivity (Wildman–Crippen MR) is 101 cm³/mol. The van der Waals surface area contributed by atoms with E-state index >= 15 is 0 Å². The number of hydrogen-bond acceptors (Lipinski definition) is 3. The molecule has 1 aliphatic heterocycles. The predicted octanol–water partition coefficient (Wildman–Crippen LogP) is 4.33. The molecular formula is C22H22N2O. The number of methoxy groups -OCH3 is 1. The van der Waals surface area contributed by atoms with Crippen LogP contribution in [0.4, 0.5) is 0 Å². The average molecular weight is 330 g/mol. The summed E-state index contributed by atoms with van der Waals surface area (Å²) >= 11 is 0. The van der Waals surface area contributed by atoms with Crippen LogP contribution in [0.3, 0.4) is 0 Å². The smallest absolute Gasteiger partial charge is 0.212 e. The van der Waals surface area contributed by atoms with Gasteiger partial charge in [0, 0.05) is 36.8 Å². The lowest BCUT2D eigenvalue weighted by Gasteiger charge is -2.33. The van der Waals surface area contributed by atoms with Crippen molar-refractivity contribution >= 4 is 0 Å². The number of hydrogen-bond donors (Lipinski definition) is 0. The minimum Gasteiger partial charge on any atom is -0.481 e. The molecule has 2 heterocycles. The van der Waals surface area contributed by atoms with Crippen molar-refractivity contribution in [3.05, 3.63) is 83.6 Å². The summed E-state index contributed by atoms with van der Waals surface area (Å²) in [5.74, 6) is 1.07. The second-order valence-electron chi connectivity index (χ2n) is 6.66. The fraction of sp³-hybridized carbons (Fsp3) is 0.227. The SMILES string of the molecule is COc1ccc(-c2ccc3c(c2)CN(C)C[C@@H]3c2ccccc2)cn1. The van der Waals surface area contributed by atoms with Gasteiger partial charge in [0.2, 0.25) is 5.88 Å². The first-order valence-corrected chi connectivity index (χ1v) is 8.61. The molecule has 0 fully saturated rings. The molecule has 0 spiro atoms. The molecule has 0 N–H and O–H groups in total. The highest BCUT2D eigenvalue weighted by Gasteiger charge is 2.24. The number of nitrogens with zero attached hydrogens (tertiary/aromatic N) is 2. The second kappa shape index (κ2) is 6.69. The van der Waals surface area contributed by atoms with Crippen molar-refractivity contribution in [1.29, 1.82) is 0 Å². The molecule has 0 unspecified atom stereocenters. The molecule has 3 nitrogen and oxygen atoms in total. The third-order valence-electron chi connectivity index (χ3n) is 4.93. The Morgan fingerprint density at radius 3 is 2.52 bits per heavy atom. The Morgan fingerprint density at radius 2 is 1.80 bits per heavy atom. The van der Waals surface area contributed by atoms with Crippen LogP contribution in [0.25, 0.3) is 11.1 Å². The highest BCUT2D eigenvalue weighted by atomic mass is 16.5. The zero-order chi connectivity index (χ0) is 17.2. The van der Waals surface area contributed by atoms with E-state index in [1.165, 1.54) is 22.3 Å². The van der Waals surface area contributed by atoms with Gasteiger partial charge >= 0.3 is 0 Å². The second-order valence-corrected chi connectivity index (χ2v) is 6.66. The molecule has 1 atom stereocenters. The fourth-order valence-corrected chi connectivity index (χ4v) is 3.67. The quantitative estimate of drug-likeness (QED) is 0.714. The number of likely N-dealkylation sites (N-methyl/N-ethyl adjacent to an activating group) is 1. The van der Waals surface area contributed by atoms with Crippen LogP contribution < -0.4 is 4.74 Å². The van der Waals surface area contributed by atoms with Gasteiger partial charge < -0.3 is 9.64 Å². The third kappa shape index (κ3) is 3.15. The van der Waals surface area contributed by atoms with E-state index in [4.69, 9.17) is 4.74 Å². The lowest BCUT2D eigenvalue weighted by Crippen LogP contribution is -2.30. The molecule has 0 bridgehead atoms. The lowest BCUT2D eigenvalue weighted by molar-refractivity contribution is 0.295. The van der Waals surface area contributed by atoms with Gasteiger partial charge in [0.25, 0.3) is 0 Å². The van der Waals surface area contributed by atoms with Crippen molar-refractivity contribution in [3.63, 3.8) is 0 Å². The molecule has 0 saturated heterocycles. The Hall–Kier alpha value is -2.65. The summed E-state index contributed by atoms with van der Waals surface area (Å²) in [7, 11) is 3.83. The van der Waals surface area contributed by atoms with E-state index in [1.807, 2.05) is 12.3 Å². The summed E-state index contributed by atoms with van der Waals surface area (Å²) < 4.78 is 5.15. The molecule has 25 heavy (non-hydrogen) atoms. The van der Waals surface area contributed by atoms with Crippen molar-refractivity contribution in [2.75, 3.05) is 20.7 Å². The summed E-state index contributed by atoms with van der Waals surface area (Å²) in [4.78, 5) is 6.73. The van der Waals surface area contributed by atoms with Crippen LogP contribution in [-0.2, 0) is 6.54 Å². The van der Waals surface area contributed by atoms with Gasteiger partial charge in [-0.15, -0.1) is 0 Å². The number of pyridine rings is 1. The van der Waals surface area contributed by atoms with Crippen molar-refractivity contribution in [1.82, 2.24) is 9.88 Å². The largest absolute Gasteiger partial charge is 0.481 e. The molecule has 126 valence electrons. The van der Waals surface area contributed by atoms with Crippen LogP contribution in [0, 0.1) is 0 Å². The van der Waals surface area contributed by atoms with Crippen molar-refractivity contribution in [2.45, 2.75) is 12.5 Å². The van der Waals surface area contributed by atoms with Gasteiger partial charge in [-0.3, -0.25) is 0 Å². The van der Waals surface area contributed by atoms with Crippen LogP contribution in [0.15, 0.2) is 66.9 Å². The van der Waals surface area contributed by atoms with E-state index in [9.17, 15) is 0 Å². The van der Waals surface area contributed by atoms with Gasteiger partial charge in [0.15, 0.2) is 0 Å². The topological polar surface area (TPSA) is 25.4 Å². The first kappa shape index (κ1) is 15.9. The number of benzene rings is 2. The molecule has 0 saturated carbocycles. The van der Waals surface area contributed by atoms with Gasteiger partial charge in [0.1, 0.15) is 0 Å². The Labute approximate surface area is 148 Å². The monoisotopic (exact) mass is 330 g/mol. The van der Waals surface area contributed by atoms with Gasteiger partial charge in [-0.1, -0.05) is 42.5 Å². The van der Waals surface area contributed by atoms with E-state index < -0.39 is 0 Å². The van der Waals surface area contributed by atoms with Gasteiger partial charge in [-0.2, -0.15) is 0 Å². The summed E-state index contributed by atoms with van der Waals surface area (Å²) in [5, 5.41) is 0. The molecule has 0 aliphatic carbocycles. The maximum absolute atomic E-state index is 5.15. The number of fused-ring (bicyclic) bond motifs is 1. The molecule has 3 aromatic rings. The van der Waals surface area contributed by atoms with Gasteiger partial charge in [-0.25, -0.2) is 4.98 Å². The van der Waals surface area contributed by atoms with Gasteiger partial charge in [0.05, 0.1) is 7.11 Å². The van der Waals surface area contributed by atoms with Crippen LogP contribution in [-0.4, -0.2) is 30.6 Å². The molecule has 0 amide bonds. The minimum atomic E-state index is 0.429. The molecule has 1 aliphatic rings. The van der Waals surface area contributed by atoms with Crippen LogP contribution in [0.5, 0.6) is 5.88 Å². The zero-order valence-electron chi connectivity index (χ0n) is 14.6. The summed E-state index contributed by atoms with van der Waals surface area (Å²) in [6.07, 6.45) is 1.88. The Kier molecular flexibility index (Phi) is 4.24. The first-order chi connectivity index (χ1) is 12.2. The fourth-order valence-electron chi connectivity index (χ4n) is 3.67. The summed E-state index contributed by atoms with van der Waals surface area (Å²) in [6.45, 7) is 2.04. The molecule has 1 aromatic heterocycles. The van der Waals surface area contributed by atoms with Crippen LogP contribution in [0.2, 0.25) is 0 Å². The van der Waals surface area contributed by atoms with E-state index in [2.05, 4.69) is 71.5 Å². The zero-order valence-corrected chi connectivity index (χ0v) is 14.6. The standard InChI is InChI=1S/C22H22N2O/c1-24-14-19-12-17(18-9-11-22(25-2)23-13-18)8-10-20(19)21(15-24)16-6-4-3-5-7-16/h3-13,21H,14-15H2,1-2H3/t21-/m1/s1. The molecule has 3 heteroatoms. The molecule has 2 aromatic carbocycles. The van der Waals surface area contributed by atoms with E-state index in [-0.39, 0.29) is 0 Å². The minimum absolute atomic E-state index is 0.429. The maximum atomic E-state index is 5.15. The van der Waals surface area contributed by atoms with Crippen molar-refractivity contribution in [3.8, 4) is 17.0 Å². The highest BCUT2D eigenvalue weighted by Crippen LogP contribution is 2.35. The molecule has 0 radical (unpaired) electrons. The Morgan fingerprint density at radius 1 is 1.00 bits per heavy atom. The van der Waals surface area contributed by atoms with Crippen molar-refractivity contribution < 1.29 is 4.74 Å². The molecule has 4 rings (SSSR count). The number of ether oxygens (including phenoxy) is 1. The van der Waals surface area contributed by atoms with E-state index in [1.54, 1.807) is 7.11 Å². The summed E-state index contributed by atoms with van der Waals surface area (Å²) in [5.41, 5.74) is 6.55. The normalized spacial score (nSPS) is 17.1. The van der Waals surface area contributed by atoms with Crippen molar-refractivity contribution in [2.24, 2.45) is 0 Å². The van der Waals surface area contributed by atoms with E-state index in [0.717, 1.165) is 18.7 Å². The molecular weight excluding hydrogens is 308 g/mol. The third-order valence-corrected chi connectivity index (χ3v) is 4.93. The summed E-state index contributed by atoms with van der Waals surface area (Å²) in [6, 6.07) is 21.6. The lowest BCUT2D eigenvalue weighted by atomic mass is 9.83. The van der Waals surface area contributed by atoms with Crippen LogP contribution in [0.1, 0.15) is 22.6 Å². The first-order valence-electron chi connectivity index (χ1n) is 8.61. The van der Waals surface area contributed by atoms with Gasteiger partial charge in [-0.05, 0) is 41.4 Å². The average Bonchev–Trinajstić information content (AvgIpc) is 2.67. The maximum Gasteiger partial charge on any atom is 0.212 e. The Balaban J connectivity index is 1.72. The number of aromatic nitrogens is 1. The number of rotatable bonds is 3.